The van der Waals surface area contributed by atoms with Gasteiger partial charge < -0.3 is 9.64 Å². The van der Waals surface area contributed by atoms with E-state index >= 15 is 0 Å². The molecular weight excluding hydrogens is 385 g/mol. The number of imide groups is 1. The highest BCUT2D eigenvalue weighted by Gasteiger charge is 2.42. The minimum absolute atomic E-state index is 0.0938. The van der Waals surface area contributed by atoms with Crippen molar-refractivity contribution in [2.45, 2.75) is 18.9 Å². The van der Waals surface area contributed by atoms with Crippen molar-refractivity contribution in [2.24, 2.45) is 0 Å². The fourth-order valence-corrected chi connectivity index (χ4v) is 4.16. The minimum atomic E-state index is -0.372. The van der Waals surface area contributed by atoms with E-state index in [0.29, 0.717) is 26.1 Å². The van der Waals surface area contributed by atoms with Gasteiger partial charge in [-0.2, -0.15) is 0 Å². The molecule has 2 heterocycles. The van der Waals surface area contributed by atoms with Gasteiger partial charge in [-0.1, -0.05) is 12.1 Å². The van der Waals surface area contributed by atoms with Gasteiger partial charge in [-0.15, -0.1) is 0 Å². The van der Waals surface area contributed by atoms with Crippen LogP contribution in [0.15, 0.2) is 48.5 Å². The third kappa shape index (κ3) is 4.31. The van der Waals surface area contributed by atoms with Crippen molar-refractivity contribution >= 4 is 17.5 Å². The Morgan fingerprint density at radius 1 is 0.967 bits per heavy atom. The lowest BCUT2D eigenvalue weighted by Gasteiger charge is -2.38. The number of carbonyl (C=O) groups excluding carboxylic acids is 2. The van der Waals surface area contributed by atoms with E-state index in [9.17, 15) is 14.0 Å². The number of carbonyl (C=O) groups is 2. The quantitative estimate of drug-likeness (QED) is 0.683. The number of nitrogens with zero attached hydrogens (tertiary/aromatic N) is 3. The van der Waals surface area contributed by atoms with Gasteiger partial charge in [0, 0.05) is 38.4 Å². The molecule has 7 heteroatoms. The van der Waals surface area contributed by atoms with Gasteiger partial charge >= 0.3 is 0 Å². The maximum Gasteiger partial charge on any atom is 0.247 e. The molecule has 0 aromatic heterocycles. The van der Waals surface area contributed by atoms with Gasteiger partial charge in [-0.25, -0.2) is 4.39 Å². The summed E-state index contributed by atoms with van der Waals surface area (Å²) in [5, 5.41) is 0. The third-order valence-corrected chi connectivity index (χ3v) is 5.95. The maximum atomic E-state index is 13.1. The van der Waals surface area contributed by atoms with Crippen molar-refractivity contribution in [3.8, 4) is 5.75 Å². The topological polar surface area (TPSA) is 53.1 Å². The normalized spacial score (nSPS) is 20.1. The van der Waals surface area contributed by atoms with Crippen molar-refractivity contribution in [3.05, 3.63) is 59.9 Å². The first-order chi connectivity index (χ1) is 14.5. The predicted octanol–water partition coefficient (Wildman–Crippen LogP) is 2.33. The number of rotatable bonds is 6. The van der Waals surface area contributed by atoms with Crippen LogP contribution in [0.2, 0.25) is 0 Å². The molecule has 0 saturated carbocycles. The van der Waals surface area contributed by atoms with E-state index in [1.54, 1.807) is 19.2 Å². The second-order valence-electron chi connectivity index (χ2n) is 7.70. The highest BCUT2D eigenvalue weighted by atomic mass is 19.1. The number of hydrogen-bond donors (Lipinski definition) is 0. The Balaban J connectivity index is 1.32. The van der Waals surface area contributed by atoms with E-state index in [4.69, 9.17) is 4.74 Å². The minimum Gasteiger partial charge on any atom is -0.497 e. The number of benzene rings is 2. The number of likely N-dealkylation sites (tertiary alicyclic amines) is 1. The largest absolute Gasteiger partial charge is 0.497 e. The monoisotopic (exact) mass is 411 g/mol. The van der Waals surface area contributed by atoms with Crippen LogP contribution < -0.4 is 9.64 Å². The fourth-order valence-electron chi connectivity index (χ4n) is 4.16. The number of amides is 2. The Morgan fingerprint density at radius 3 is 2.27 bits per heavy atom. The average molecular weight is 411 g/mol. The fraction of sp³-hybridized carbons (Fsp3) is 0.391. The van der Waals surface area contributed by atoms with Crippen LogP contribution in [0.4, 0.5) is 10.1 Å². The Kier molecular flexibility index (Phi) is 5.99. The van der Waals surface area contributed by atoms with Crippen molar-refractivity contribution < 1.29 is 18.7 Å². The molecule has 0 spiro atoms. The molecule has 2 aromatic carbocycles. The number of halogens is 1. The second kappa shape index (κ2) is 8.83. The maximum absolute atomic E-state index is 13.1. The van der Waals surface area contributed by atoms with Crippen LogP contribution in [0, 0.1) is 5.82 Å². The molecule has 158 valence electrons. The number of ether oxygens (including phenoxy) is 1. The standard InChI is InChI=1S/C23H26FN3O3/c1-30-20-8-2-17(3-9-20)10-11-27-22(28)16-21(23(27)29)26-14-12-25(13-15-26)19-6-4-18(24)5-7-19/h2-9,21H,10-16H2,1H3/t21-/m1/s1. The van der Waals surface area contributed by atoms with Crippen LogP contribution in [0.1, 0.15) is 12.0 Å². The van der Waals surface area contributed by atoms with Gasteiger partial charge in [0.2, 0.25) is 11.8 Å². The molecule has 2 amide bonds. The van der Waals surface area contributed by atoms with Crippen molar-refractivity contribution in [3.63, 3.8) is 0 Å². The van der Waals surface area contributed by atoms with Crippen LogP contribution in [0.5, 0.6) is 5.75 Å². The van der Waals surface area contributed by atoms with Gasteiger partial charge in [0.05, 0.1) is 19.6 Å². The molecule has 2 aliphatic rings. The van der Waals surface area contributed by atoms with Gasteiger partial charge in [-0.3, -0.25) is 19.4 Å². The van der Waals surface area contributed by atoms with Gasteiger partial charge in [0.25, 0.3) is 0 Å². The summed E-state index contributed by atoms with van der Waals surface area (Å²) in [6.07, 6.45) is 0.879. The van der Waals surface area contributed by atoms with E-state index in [2.05, 4.69) is 9.80 Å². The molecule has 2 fully saturated rings. The summed E-state index contributed by atoms with van der Waals surface area (Å²) in [5.41, 5.74) is 2.04. The van der Waals surface area contributed by atoms with Crippen molar-refractivity contribution in [1.82, 2.24) is 9.80 Å². The molecule has 0 N–H and O–H groups in total. The van der Waals surface area contributed by atoms with Crippen molar-refractivity contribution in [2.75, 3.05) is 44.7 Å². The molecule has 4 rings (SSSR count). The second-order valence-corrected chi connectivity index (χ2v) is 7.70. The smallest absolute Gasteiger partial charge is 0.247 e. The van der Waals surface area contributed by atoms with Crippen LogP contribution >= 0.6 is 0 Å². The predicted molar refractivity (Wildman–Crippen MR) is 112 cm³/mol. The number of anilines is 1. The summed E-state index contributed by atoms with van der Waals surface area (Å²) < 4.78 is 18.3. The highest BCUT2D eigenvalue weighted by molar-refractivity contribution is 6.05. The lowest BCUT2D eigenvalue weighted by Crippen LogP contribution is -2.52. The summed E-state index contributed by atoms with van der Waals surface area (Å²) in [4.78, 5) is 31.1. The van der Waals surface area contributed by atoms with Crippen LogP contribution in [-0.2, 0) is 16.0 Å². The molecule has 1 atom stereocenters. The summed E-state index contributed by atoms with van der Waals surface area (Å²) in [6, 6.07) is 13.8. The summed E-state index contributed by atoms with van der Waals surface area (Å²) in [7, 11) is 1.62. The molecular formula is C23H26FN3O3. The zero-order valence-electron chi connectivity index (χ0n) is 17.1. The van der Waals surface area contributed by atoms with E-state index in [1.165, 1.54) is 17.0 Å². The molecule has 0 bridgehead atoms. The molecule has 0 aliphatic carbocycles. The number of methoxy groups -OCH3 is 1. The first kappa shape index (κ1) is 20.3. The van der Waals surface area contributed by atoms with E-state index in [0.717, 1.165) is 30.1 Å². The Bertz CT molecular complexity index is 893. The number of hydrogen-bond acceptors (Lipinski definition) is 5. The average Bonchev–Trinajstić information content (AvgIpc) is 3.06. The van der Waals surface area contributed by atoms with E-state index in [-0.39, 0.29) is 30.1 Å². The molecule has 0 radical (unpaired) electrons. The zero-order valence-corrected chi connectivity index (χ0v) is 17.1. The first-order valence-corrected chi connectivity index (χ1v) is 10.3. The summed E-state index contributed by atoms with van der Waals surface area (Å²) >= 11 is 0. The van der Waals surface area contributed by atoms with Crippen LogP contribution in [0.25, 0.3) is 0 Å². The zero-order chi connectivity index (χ0) is 21.1. The highest BCUT2D eigenvalue weighted by Crippen LogP contribution is 2.23. The van der Waals surface area contributed by atoms with Gasteiger partial charge in [-0.05, 0) is 48.4 Å². The lowest BCUT2D eigenvalue weighted by atomic mass is 10.1. The van der Waals surface area contributed by atoms with Crippen LogP contribution in [-0.4, -0.2) is 67.5 Å². The third-order valence-electron chi connectivity index (χ3n) is 5.95. The molecule has 2 aliphatic heterocycles. The van der Waals surface area contributed by atoms with Crippen LogP contribution in [0.3, 0.4) is 0 Å². The van der Waals surface area contributed by atoms with Gasteiger partial charge in [0.15, 0.2) is 0 Å². The molecule has 2 aromatic rings. The van der Waals surface area contributed by atoms with Crippen molar-refractivity contribution in [1.29, 1.82) is 0 Å². The van der Waals surface area contributed by atoms with E-state index < -0.39 is 0 Å². The number of piperazine rings is 1. The molecule has 0 unspecified atom stereocenters. The molecule has 6 nitrogen and oxygen atoms in total. The SMILES string of the molecule is COc1ccc(CCN2C(=O)C[C@@H](N3CCN(c4ccc(F)cc4)CC3)C2=O)cc1. The first-order valence-electron chi connectivity index (χ1n) is 10.3. The Hall–Kier alpha value is -2.93. The summed E-state index contributed by atoms with van der Waals surface area (Å²) in [5.74, 6) is 0.345. The van der Waals surface area contributed by atoms with Gasteiger partial charge in [0.1, 0.15) is 11.6 Å². The summed E-state index contributed by atoms with van der Waals surface area (Å²) in [6.45, 7) is 3.29. The Labute approximate surface area is 175 Å². The Morgan fingerprint density at radius 2 is 1.63 bits per heavy atom. The lowest BCUT2D eigenvalue weighted by molar-refractivity contribution is -0.139. The molecule has 30 heavy (non-hydrogen) atoms. The van der Waals surface area contributed by atoms with E-state index in [1.807, 2.05) is 24.3 Å². The molecule has 2 saturated heterocycles.